The van der Waals surface area contributed by atoms with Crippen molar-refractivity contribution in [1.29, 1.82) is 0 Å². The quantitative estimate of drug-likeness (QED) is 0.930. The molecule has 1 unspecified atom stereocenters. The van der Waals surface area contributed by atoms with Gasteiger partial charge in [0, 0.05) is 24.7 Å². The molecule has 0 fully saturated rings. The summed E-state index contributed by atoms with van der Waals surface area (Å²) in [4.78, 5) is 9.31. The first-order valence-corrected chi connectivity index (χ1v) is 7.02. The lowest BCUT2D eigenvalue weighted by Gasteiger charge is -2.14. The number of nitrogens with zero attached hydrogens (tertiary/aromatic N) is 2. The van der Waals surface area contributed by atoms with E-state index in [4.69, 9.17) is 4.74 Å². The zero-order chi connectivity index (χ0) is 14.1. The first-order chi connectivity index (χ1) is 9.72. The summed E-state index contributed by atoms with van der Waals surface area (Å²) in [7, 11) is 1.89. The van der Waals surface area contributed by atoms with Crippen molar-refractivity contribution in [3.63, 3.8) is 0 Å². The molecule has 1 N–H and O–H groups in total. The van der Waals surface area contributed by atoms with Crippen LogP contribution in [0, 0.1) is 6.92 Å². The molecule has 2 aromatic rings. The Bertz CT molecular complexity index is 589. The lowest BCUT2D eigenvalue weighted by Crippen LogP contribution is -2.13. The minimum Gasteiger partial charge on any atom is -0.482 e. The zero-order valence-corrected chi connectivity index (χ0v) is 12.1. The predicted octanol–water partition coefficient (Wildman–Crippen LogP) is 3.07. The Morgan fingerprint density at radius 3 is 2.80 bits per heavy atom. The van der Waals surface area contributed by atoms with Crippen LogP contribution in [0.4, 0.5) is 5.82 Å². The van der Waals surface area contributed by atoms with Crippen molar-refractivity contribution < 1.29 is 4.74 Å². The van der Waals surface area contributed by atoms with Crippen molar-refractivity contribution in [1.82, 2.24) is 9.97 Å². The fourth-order valence-corrected chi connectivity index (χ4v) is 2.64. The normalized spacial score (nSPS) is 16.6. The van der Waals surface area contributed by atoms with Crippen molar-refractivity contribution in [3.05, 3.63) is 46.9 Å². The number of fused-ring (bicyclic) bond motifs is 1. The Morgan fingerprint density at radius 2 is 2.10 bits per heavy atom. The Morgan fingerprint density at radius 1 is 1.30 bits per heavy atom. The molecule has 0 amide bonds. The van der Waals surface area contributed by atoms with E-state index in [2.05, 4.69) is 35.2 Å². The summed E-state index contributed by atoms with van der Waals surface area (Å²) >= 11 is 0. The summed E-state index contributed by atoms with van der Waals surface area (Å²) in [6.07, 6.45) is 1.66. The van der Waals surface area contributed by atoms with Crippen LogP contribution in [0.3, 0.4) is 0 Å². The Balaban J connectivity index is 1.96. The van der Waals surface area contributed by atoms with Crippen LogP contribution in [0.2, 0.25) is 0 Å². The molecule has 0 radical (unpaired) electrons. The number of ether oxygens (including phenoxy) is 1. The standard InChI is InChI=1S/C16H19N3O/c1-4-12-10(2)15(17-3)19-16(18-12)14-9-11-7-5-6-8-13(11)20-14/h5-8,14H,4,9H2,1-3H3,(H,17,18,19). The second-order valence-corrected chi connectivity index (χ2v) is 5.02. The smallest absolute Gasteiger partial charge is 0.172 e. The number of hydrogen-bond donors (Lipinski definition) is 1. The first kappa shape index (κ1) is 12.9. The van der Waals surface area contributed by atoms with Gasteiger partial charge in [0.2, 0.25) is 0 Å². The molecule has 1 aromatic heterocycles. The number of hydrogen-bond acceptors (Lipinski definition) is 4. The van der Waals surface area contributed by atoms with Gasteiger partial charge in [0.15, 0.2) is 11.9 Å². The highest BCUT2D eigenvalue weighted by atomic mass is 16.5. The summed E-state index contributed by atoms with van der Waals surface area (Å²) in [6, 6.07) is 8.14. The maximum absolute atomic E-state index is 5.98. The average Bonchev–Trinajstić information content (AvgIpc) is 2.91. The molecular formula is C16H19N3O. The van der Waals surface area contributed by atoms with Crippen LogP contribution >= 0.6 is 0 Å². The number of nitrogens with one attached hydrogen (secondary N) is 1. The second kappa shape index (κ2) is 5.12. The average molecular weight is 269 g/mol. The Labute approximate surface area is 119 Å². The number of aromatic nitrogens is 2. The van der Waals surface area contributed by atoms with E-state index >= 15 is 0 Å². The van der Waals surface area contributed by atoms with Gasteiger partial charge in [-0.15, -0.1) is 0 Å². The molecule has 0 saturated heterocycles. The van der Waals surface area contributed by atoms with E-state index in [1.807, 2.05) is 25.2 Å². The zero-order valence-electron chi connectivity index (χ0n) is 12.1. The fourth-order valence-electron chi connectivity index (χ4n) is 2.64. The molecule has 3 rings (SSSR count). The molecule has 0 bridgehead atoms. The van der Waals surface area contributed by atoms with Crippen molar-refractivity contribution in [2.45, 2.75) is 32.8 Å². The molecule has 4 nitrogen and oxygen atoms in total. The van der Waals surface area contributed by atoms with Gasteiger partial charge in [0.1, 0.15) is 11.6 Å². The van der Waals surface area contributed by atoms with E-state index in [0.29, 0.717) is 0 Å². The van der Waals surface area contributed by atoms with Gasteiger partial charge < -0.3 is 10.1 Å². The SMILES string of the molecule is CCc1nc(C2Cc3ccccc3O2)nc(NC)c1C. The molecule has 1 aromatic carbocycles. The van der Waals surface area contributed by atoms with Gasteiger partial charge in [-0.25, -0.2) is 9.97 Å². The van der Waals surface area contributed by atoms with Crippen molar-refractivity contribution in [3.8, 4) is 5.75 Å². The maximum atomic E-state index is 5.98. The molecule has 1 atom stereocenters. The molecule has 104 valence electrons. The van der Waals surface area contributed by atoms with E-state index < -0.39 is 0 Å². The van der Waals surface area contributed by atoms with Crippen LogP contribution in [-0.2, 0) is 12.8 Å². The summed E-state index contributed by atoms with van der Waals surface area (Å²) < 4.78 is 5.98. The van der Waals surface area contributed by atoms with Gasteiger partial charge in [0.05, 0.1) is 0 Å². The highest BCUT2D eigenvalue weighted by molar-refractivity contribution is 5.46. The Kier molecular flexibility index (Phi) is 3.30. The molecule has 0 aliphatic carbocycles. The van der Waals surface area contributed by atoms with Crippen LogP contribution in [0.25, 0.3) is 0 Å². The third-order valence-electron chi connectivity index (χ3n) is 3.77. The van der Waals surface area contributed by atoms with Crippen molar-refractivity contribution in [2.24, 2.45) is 0 Å². The third kappa shape index (κ3) is 2.11. The van der Waals surface area contributed by atoms with Gasteiger partial charge in [-0.05, 0) is 25.0 Å². The minimum atomic E-state index is -0.0783. The van der Waals surface area contributed by atoms with Gasteiger partial charge in [0.25, 0.3) is 0 Å². The highest BCUT2D eigenvalue weighted by Crippen LogP contribution is 2.35. The lowest BCUT2D eigenvalue weighted by atomic mass is 10.1. The summed E-state index contributed by atoms with van der Waals surface area (Å²) in [5.74, 6) is 2.62. The van der Waals surface area contributed by atoms with Crippen LogP contribution in [0.5, 0.6) is 5.75 Å². The third-order valence-corrected chi connectivity index (χ3v) is 3.77. The summed E-state index contributed by atoms with van der Waals surface area (Å²) in [5.41, 5.74) is 3.43. The van der Waals surface area contributed by atoms with Crippen molar-refractivity contribution >= 4 is 5.82 Å². The minimum absolute atomic E-state index is 0.0783. The molecule has 0 saturated carbocycles. The van der Waals surface area contributed by atoms with Gasteiger partial charge in [-0.1, -0.05) is 25.1 Å². The van der Waals surface area contributed by atoms with Crippen molar-refractivity contribution in [2.75, 3.05) is 12.4 Å². The largest absolute Gasteiger partial charge is 0.482 e. The second-order valence-electron chi connectivity index (χ2n) is 5.02. The fraction of sp³-hybridized carbons (Fsp3) is 0.375. The Hall–Kier alpha value is -2.10. The maximum Gasteiger partial charge on any atom is 0.172 e. The predicted molar refractivity (Wildman–Crippen MR) is 79.2 cm³/mol. The van der Waals surface area contributed by atoms with Gasteiger partial charge in [-0.2, -0.15) is 0 Å². The number of rotatable bonds is 3. The molecule has 2 heterocycles. The van der Waals surface area contributed by atoms with Crippen LogP contribution in [0.1, 0.15) is 35.7 Å². The van der Waals surface area contributed by atoms with E-state index in [1.54, 1.807) is 0 Å². The van der Waals surface area contributed by atoms with Crippen LogP contribution in [0.15, 0.2) is 24.3 Å². The highest BCUT2D eigenvalue weighted by Gasteiger charge is 2.27. The van der Waals surface area contributed by atoms with Gasteiger partial charge >= 0.3 is 0 Å². The first-order valence-electron chi connectivity index (χ1n) is 7.02. The number of anilines is 1. The summed E-state index contributed by atoms with van der Waals surface area (Å²) in [6.45, 7) is 4.17. The number of benzene rings is 1. The van der Waals surface area contributed by atoms with Gasteiger partial charge in [-0.3, -0.25) is 0 Å². The van der Waals surface area contributed by atoms with E-state index in [1.165, 1.54) is 5.56 Å². The monoisotopic (exact) mass is 269 g/mol. The molecule has 1 aliphatic heterocycles. The van der Waals surface area contributed by atoms with E-state index in [-0.39, 0.29) is 6.10 Å². The number of para-hydroxylation sites is 1. The van der Waals surface area contributed by atoms with E-state index in [9.17, 15) is 0 Å². The summed E-state index contributed by atoms with van der Waals surface area (Å²) in [5, 5.41) is 3.15. The molecular weight excluding hydrogens is 250 g/mol. The van der Waals surface area contributed by atoms with E-state index in [0.717, 1.165) is 41.5 Å². The van der Waals surface area contributed by atoms with Crippen LogP contribution in [-0.4, -0.2) is 17.0 Å². The molecule has 4 heteroatoms. The van der Waals surface area contributed by atoms with Crippen LogP contribution < -0.4 is 10.1 Å². The number of aryl methyl sites for hydroxylation is 1. The topological polar surface area (TPSA) is 47.0 Å². The lowest BCUT2D eigenvalue weighted by molar-refractivity contribution is 0.227. The molecule has 20 heavy (non-hydrogen) atoms. The molecule has 0 spiro atoms. The molecule has 1 aliphatic rings.